The third-order valence-corrected chi connectivity index (χ3v) is 19.2. The SMILES string of the molecule is CCCCCCCCCCCCCCCCCC(=O)CCCCCCCCCCCCCCCCCC(=O)SCCNC(=O)CCNC(=O)[C@H](O)C(C)(C)COP(=O)(O)OP(=O)(O)OC[C@H]1O[C@@H](n2cnc3c(N)ncnc32)[C@H](O)[C@@H]1OP(=O)(O)O. The minimum atomic E-state index is -5.59. The summed E-state index contributed by atoms with van der Waals surface area (Å²) in [5.74, 6) is -0.577. The Morgan fingerprint density at radius 3 is 1.65 bits per heavy atom. The number of anilines is 1. The van der Waals surface area contributed by atoms with Crippen molar-refractivity contribution in [2.45, 2.75) is 270 Å². The quantitative estimate of drug-likeness (QED) is 0.0219. The fraction of sp³-hybridized carbons (Fsp3) is 0.842. The number of imidazole rings is 1. The Morgan fingerprint density at radius 1 is 0.674 bits per heavy atom. The molecule has 7 atom stereocenters. The van der Waals surface area contributed by atoms with E-state index in [0.29, 0.717) is 18.0 Å². The third kappa shape index (κ3) is 33.9. The highest BCUT2D eigenvalue weighted by molar-refractivity contribution is 8.13. The Labute approximate surface area is 513 Å². The van der Waals surface area contributed by atoms with Crippen LogP contribution in [0.15, 0.2) is 12.7 Å². The van der Waals surface area contributed by atoms with Crippen molar-refractivity contribution in [2.24, 2.45) is 5.41 Å². The second-order valence-electron chi connectivity index (χ2n) is 23.3. The number of hydrogen-bond donors (Lipinski definition) is 9. The minimum Gasteiger partial charge on any atom is -0.386 e. The first kappa shape index (κ1) is 77.5. The van der Waals surface area contributed by atoms with E-state index in [0.717, 1.165) is 73.9 Å². The van der Waals surface area contributed by atoms with Crippen LogP contribution in [0.4, 0.5) is 5.82 Å². The van der Waals surface area contributed by atoms with E-state index in [1.54, 1.807) is 0 Å². The van der Waals surface area contributed by atoms with Crippen molar-refractivity contribution in [3.05, 3.63) is 12.7 Å². The van der Waals surface area contributed by atoms with Crippen molar-refractivity contribution in [2.75, 3.05) is 37.8 Å². The van der Waals surface area contributed by atoms with Gasteiger partial charge in [0.2, 0.25) is 11.8 Å². The van der Waals surface area contributed by atoms with Crippen molar-refractivity contribution >= 4 is 74.9 Å². The molecule has 0 spiro atoms. The van der Waals surface area contributed by atoms with Crippen LogP contribution in [-0.4, -0.2) is 128 Å². The molecule has 25 nitrogen and oxygen atoms in total. The molecular weight excluding hydrogens is 1200 g/mol. The molecule has 3 heterocycles. The van der Waals surface area contributed by atoms with Gasteiger partial charge in [0.25, 0.3) is 0 Å². The van der Waals surface area contributed by atoms with Gasteiger partial charge in [-0.3, -0.25) is 37.3 Å². The molecular formula is C57H104N7O18P3S. The number of ether oxygens (including phenoxy) is 1. The smallest absolute Gasteiger partial charge is 0.386 e. The zero-order valence-corrected chi connectivity index (χ0v) is 54.8. The number of ketones is 1. The van der Waals surface area contributed by atoms with Crippen molar-refractivity contribution < 1.29 is 85.3 Å². The number of thioether (sulfide) groups is 1. The van der Waals surface area contributed by atoms with Gasteiger partial charge >= 0.3 is 23.5 Å². The molecule has 2 unspecified atom stereocenters. The van der Waals surface area contributed by atoms with E-state index < -0.39 is 84.6 Å². The average Bonchev–Trinajstić information content (AvgIpc) is 2.02. The first-order valence-electron chi connectivity index (χ1n) is 31.5. The van der Waals surface area contributed by atoms with Crippen molar-refractivity contribution in [3.63, 3.8) is 0 Å². The van der Waals surface area contributed by atoms with Crippen molar-refractivity contribution in [3.8, 4) is 0 Å². The Bertz CT molecular complexity index is 2400. The number of rotatable bonds is 53. The highest BCUT2D eigenvalue weighted by atomic mass is 32.2. The lowest BCUT2D eigenvalue weighted by molar-refractivity contribution is -0.137. The fourth-order valence-corrected chi connectivity index (χ4v) is 13.6. The molecule has 29 heteroatoms. The summed E-state index contributed by atoms with van der Waals surface area (Å²) in [6.45, 7) is 2.83. The predicted octanol–water partition coefficient (Wildman–Crippen LogP) is 11.1. The molecule has 1 fully saturated rings. The zero-order chi connectivity index (χ0) is 63.3. The number of phosphoric ester groups is 3. The summed E-state index contributed by atoms with van der Waals surface area (Å²) in [5.41, 5.74) is 4.29. The highest BCUT2D eigenvalue weighted by Crippen LogP contribution is 2.61. The topological polar surface area (TPSA) is 381 Å². The number of nitrogens with zero attached hydrogens (tertiary/aromatic N) is 4. The van der Waals surface area contributed by atoms with Crippen molar-refractivity contribution in [1.29, 1.82) is 0 Å². The number of nitrogen functional groups attached to an aromatic ring is 1. The van der Waals surface area contributed by atoms with E-state index in [4.69, 9.17) is 19.5 Å². The molecule has 0 saturated carbocycles. The van der Waals surface area contributed by atoms with Crippen LogP contribution in [0.1, 0.15) is 245 Å². The minimum absolute atomic E-state index is 0.0324. The van der Waals surface area contributed by atoms with E-state index in [2.05, 4.69) is 41.3 Å². The van der Waals surface area contributed by atoms with Crippen LogP contribution < -0.4 is 16.4 Å². The van der Waals surface area contributed by atoms with Gasteiger partial charge in [0.15, 0.2) is 22.8 Å². The summed E-state index contributed by atoms with van der Waals surface area (Å²) in [5, 5.41) is 26.8. The Kier molecular flexibility index (Phi) is 38.8. The van der Waals surface area contributed by atoms with Gasteiger partial charge in [-0.15, -0.1) is 0 Å². The van der Waals surface area contributed by atoms with Crippen LogP contribution in [0.2, 0.25) is 0 Å². The molecule has 1 saturated heterocycles. The Balaban J connectivity index is 1.12. The number of Topliss-reactive ketones (excluding diaryl/α,β-unsaturated/α-hetero) is 1. The lowest BCUT2D eigenvalue weighted by atomic mass is 9.87. The number of hydrogen-bond acceptors (Lipinski definition) is 19. The van der Waals surface area contributed by atoms with Gasteiger partial charge in [0.05, 0.1) is 19.5 Å². The van der Waals surface area contributed by atoms with Crippen LogP contribution in [-0.2, 0) is 55.5 Å². The van der Waals surface area contributed by atoms with E-state index in [1.807, 2.05) is 0 Å². The standard InChI is InChI=1S/C57H104N7O18P3S/c1-4-5-6-7-8-9-10-11-13-16-19-22-25-28-31-34-45(65)35-32-29-26-23-20-17-14-12-15-18-21-24-27-30-33-36-48(67)86-40-39-59-47(66)37-38-60-55(70)52(69)57(2,3)42-79-85(76,77)82-84(74,75)78-41-46-51(81-83(71,72)73)50(68)56(80-46)64-44-63-49-53(58)61-43-62-54(49)64/h43-44,46,50-52,56,68-69H,4-42H2,1-3H3,(H,59,66)(H,60,70)(H,74,75)(H,76,77)(H2,58,61,62)(H2,71,72,73)/t46-,50-,51-,52+,56-/m1/s1. The van der Waals surface area contributed by atoms with Crippen molar-refractivity contribution in [1.82, 2.24) is 30.2 Å². The van der Waals surface area contributed by atoms with Crippen LogP contribution in [0.3, 0.4) is 0 Å². The summed E-state index contributed by atoms with van der Waals surface area (Å²) < 4.78 is 62.7. The molecule has 1 aliphatic rings. The molecule has 0 aliphatic carbocycles. The molecule has 1 aliphatic heterocycles. The first-order chi connectivity index (χ1) is 40.9. The van der Waals surface area contributed by atoms with Gasteiger partial charge in [-0.05, 0) is 19.3 Å². The monoisotopic (exact) mass is 1300 g/mol. The molecule has 2 amide bonds. The number of aliphatic hydroxyl groups is 2. The van der Waals surface area contributed by atoms with Crippen LogP contribution >= 0.6 is 35.2 Å². The molecule has 3 rings (SSSR count). The molecule has 2 aromatic rings. The lowest BCUT2D eigenvalue weighted by Gasteiger charge is -2.30. The number of fused-ring (bicyclic) bond motifs is 1. The highest BCUT2D eigenvalue weighted by Gasteiger charge is 2.50. The van der Waals surface area contributed by atoms with Gasteiger partial charge in [0.1, 0.15) is 42.0 Å². The summed E-state index contributed by atoms with van der Waals surface area (Å²) in [4.78, 5) is 101. The zero-order valence-electron chi connectivity index (χ0n) is 51.3. The number of aromatic nitrogens is 4. The summed E-state index contributed by atoms with van der Waals surface area (Å²) in [7, 11) is -16.4. The van der Waals surface area contributed by atoms with Gasteiger partial charge < -0.3 is 50.9 Å². The summed E-state index contributed by atoms with van der Waals surface area (Å²) in [6.07, 6.45) is 33.0. The lowest BCUT2D eigenvalue weighted by Crippen LogP contribution is -2.46. The number of amides is 2. The number of nitrogens with two attached hydrogens (primary N) is 1. The normalized spacial score (nSPS) is 18.2. The molecule has 0 radical (unpaired) electrons. The van der Waals surface area contributed by atoms with Crippen LogP contribution in [0, 0.1) is 5.41 Å². The molecule has 0 bridgehead atoms. The van der Waals surface area contributed by atoms with Gasteiger partial charge in [-0.25, -0.2) is 28.6 Å². The van der Waals surface area contributed by atoms with E-state index >= 15 is 0 Å². The number of unbranched alkanes of at least 4 members (excludes halogenated alkanes) is 28. The van der Waals surface area contributed by atoms with E-state index in [-0.39, 0.29) is 41.6 Å². The number of phosphoric acid groups is 3. The maximum atomic E-state index is 12.8. The predicted molar refractivity (Wildman–Crippen MR) is 330 cm³/mol. The van der Waals surface area contributed by atoms with E-state index in [9.17, 15) is 62.7 Å². The second kappa shape index (κ2) is 43.1. The van der Waals surface area contributed by atoms with Gasteiger partial charge in [0, 0.05) is 49.9 Å². The molecule has 0 aromatic carbocycles. The Morgan fingerprint density at radius 2 is 1.15 bits per heavy atom. The summed E-state index contributed by atoms with van der Waals surface area (Å²) >= 11 is 1.15. The number of nitrogens with one attached hydrogen (secondary N) is 2. The number of carbonyl (C=O) groups is 4. The fourth-order valence-electron chi connectivity index (χ4n) is 10.1. The number of aliphatic hydroxyl groups excluding tert-OH is 2. The maximum Gasteiger partial charge on any atom is 0.481 e. The molecule has 86 heavy (non-hydrogen) atoms. The number of carbonyl (C=O) groups excluding carboxylic acids is 4. The van der Waals surface area contributed by atoms with E-state index in [1.165, 1.54) is 174 Å². The molecule has 10 N–H and O–H groups in total. The first-order valence-corrected chi connectivity index (χ1v) is 37.0. The molecule has 496 valence electrons. The average molecular weight is 1300 g/mol. The van der Waals surface area contributed by atoms with Crippen LogP contribution in [0.25, 0.3) is 11.2 Å². The molecule has 2 aromatic heterocycles. The van der Waals surface area contributed by atoms with Crippen LogP contribution in [0.5, 0.6) is 0 Å². The third-order valence-electron chi connectivity index (χ3n) is 15.2. The largest absolute Gasteiger partial charge is 0.481 e. The van der Waals surface area contributed by atoms with Gasteiger partial charge in [-0.2, -0.15) is 4.31 Å². The Hall–Kier alpha value is -2.77. The maximum absolute atomic E-state index is 12.8. The second-order valence-corrected chi connectivity index (χ2v) is 28.7. The summed E-state index contributed by atoms with van der Waals surface area (Å²) in [6, 6.07) is 0. The van der Waals surface area contributed by atoms with Gasteiger partial charge in [-0.1, -0.05) is 206 Å².